The number of nitrogens with zero attached hydrogens (tertiary/aromatic N) is 1. The van der Waals surface area contributed by atoms with Crippen LogP contribution in [0.25, 0.3) is 0 Å². The van der Waals surface area contributed by atoms with Crippen LogP contribution in [0.2, 0.25) is 0 Å². The van der Waals surface area contributed by atoms with Crippen LogP contribution in [-0.4, -0.2) is 4.98 Å². The molecular weight excluding hydrogens is 264 g/mol. The number of aryl methyl sites for hydroxylation is 2. The van der Waals surface area contributed by atoms with Crippen molar-refractivity contribution in [1.82, 2.24) is 4.98 Å². The Bertz CT molecular complexity index is 537. The predicted molar refractivity (Wildman–Crippen MR) is 69.1 cm³/mol. The van der Waals surface area contributed by atoms with Crippen LogP contribution in [0, 0.1) is 0 Å². The molecular formula is C13H11BrN2. The highest BCUT2D eigenvalue weighted by Crippen LogP contribution is 2.30. The lowest BCUT2D eigenvalue weighted by atomic mass is 10.1. The number of nitrogens with one attached hydrogen (secondary N) is 1. The summed E-state index contributed by atoms with van der Waals surface area (Å²) in [5.74, 6) is 0.989. The van der Waals surface area contributed by atoms with Gasteiger partial charge in [-0.05, 0) is 48.2 Å². The number of aromatic nitrogens is 1. The molecule has 0 amide bonds. The van der Waals surface area contributed by atoms with Gasteiger partial charge in [0.1, 0.15) is 5.82 Å². The van der Waals surface area contributed by atoms with E-state index in [4.69, 9.17) is 0 Å². The maximum Gasteiger partial charge on any atom is 0.133 e. The number of rotatable bonds is 0. The predicted octanol–water partition coefficient (Wildman–Crippen LogP) is 3.69. The smallest absolute Gasteiger partial charge is 0.133 e. The molecule has 0 saturated carbocycles. The van der Waals surface area contributed by atoms with E-state index in [-0.39, 0.29) is 0 Å². The molecule has 2 aromatic rings. The molecule has 3 rings (SSSR count). The zero-order valence-electron chi connectivity index (χ0n) is 8.70. The maximum atomic E-state index is 4.38. The van der Waals surface area contributed by atoms with Crippen molar-refractivity contribution < 1.29 is 0 Å². The quantitative estimate of drug-likeness (QED) is 0.793. The van der Waals surface area contributed by atoms with E-state index in [2.05, 4.69) is 50.5 Å². The molecule has 0 fully saturated rings. The Labute approximate surface area is 103 Å². The number of halogens is 1. The summed E-state index contributed by atoms with van der Waals surface area (Å²) in [5, 5.41) is 3.40. The summed E-state index contributed by atoms with van der Waals surface area (Å²) < 4.78 is 1.13. The molecule has 3 heteroatoms. The van der Waals surface area contributed by atoms with Crippen molar-refractivity contribution >= 4 is 27.4 Å². The summed E-state index contributed by atoms with van der Waals surface area (Å²) in [5.41, 5.74) is 3.79. The van der Waals surface area contributed by atoms with Crippen molar-refractivity contribution in [2.75, 3.05) is 5.32 Å². The first-order valence-corrected chi connectivity index (χ1v) is 6.11. The average Bonchev–Trinajstić information content (AvgIpc) is 2.48. The summed E-state index contributed by atoms with van der Waals surface area (Å²) >= 11 is 3.51. The lowest BCUT2D eigenvalue weighted by molar-refractivity contribution is 0.970. The van der Waals surface area contributed by atoms with Crippen LogP contribution < -0.4 is 5.32 Å². The summed E-state index contributed by atoms with van der Waals surface area (Å²) in [7, 11) is 0. The fourth-order valence-corrected chi connectivity index (χ4v) is 2.45. The summed E-state index contributed by atoms with van der Waals surface area (Å²) in [6.07, 6.45) is 3.93. The molecule has 0 atom stereocenters. The van der Waals surface area contributed by atoms with Gasteiger partial charge in [-0.1, -0.05) is 22.0 Å². The van der Waals surface area contributed by atoms with Gasteiger partial charge in [-0.3, -0.25) is 0 Å². The molecule has 1 aromatic carbocycles. The third-order valence-electron chi connectivity index (χ3n) is 2.88. The van der Waals surface area contributed by atoms with Crippen molar-refractivity contribution in [2.45, 2.75) is 12.8 Å². The van der Waals surface area contributed by atoms with E-state index in [1.807, 2.05) is 12.3 Å². The van der Waals surface area contributed by atoms with Gasteiger partial charge in [0.2, 0.25) is 0 Å². The Balaban J connectivity index is 2.08. The second-order valence-corrected chi connectivity index (χ2v) is 4.85. The maximum absolute atomic E-state index is 4.38. The number of hydrogen-bond acceptors (Lipinski definition) is 2. The van der Waals surface area contributed by atoms with Gasteiger partial charge in [0.15, 0.2) is 0 Å². The van der Waals surface area contributed by atoms with Gasteiger partial charge in [-0.15, -0.1) is 0 Å². The van der Waals surface area contributed by atoms with Crippen molar-refractivity contribution in [1.29, 1.82) is 0 Å². The molecule has 0 saturated heterocycles. The Kier molecular flexibility index (Phi) is 2.40. The van der Waals surface area contributed by atoms with Crippen molar-refractivity contribution in [3.8, 4) is 0 Å². The fraction of sp³-hybridized carbons (Fsp3) is 0.154. The summed E-state index contributed by atoms with van der Waals surface area (Å²) in [6.45, 7) is 0. The third kappa shape index (κ3) is 1.71. The lowest BCUT2D eigenvalue weighted by Gasteiger charge is -2.08. The van der Waals surface area contributed by atoms with Crippen LogP contribution in [0.3, 0.4) is 0 Å². The highest BCUT2D eigenvalue weighted by atomic mass is 79.9. The zero-order chi connectivity index (χ0) is 11.0. The van der Waals surface area contributed by atoms with Gasteiger partial charge in [0, 0.05) is 16.4 Å². The number of fused-ring (bicyclic) bond motifs is 2. The normalized spacial score (nSPS) is 13.3. The van der Waals surface area contributed by atoms with E-state index in [9.17, 15) is 0 Å². The van der Waals surface area contributed by atoms with E-state index in [0.717, 1.165) is 23.1 Å². The minimum absolute atomic E-state index is 0.989. The van der Waals surface area contributed by atoms with Gasteiger partial charge in [0.05, 0.1) is 0 Å². The molecule has 0 unspecified atom stereocenters. The number of anilines is 2. The van der Waals surface area contributed by atoms with Gasteiger partial charge in [0.25, 0.3) is 0 Å². The van der Waals surface area contributed by atoms with Crippen LogP contribution >= 0.6 is 15.9 Å². The van der Waals surface area contributed by atoms with Gasteiger partial charge < -0.3 is 5.32 Å². The van der Waals surface area contributed by atoms with Gasteiger partial charge >= 0.3 is 0 Å². The SMILES string of the molecule is Brc1ccc2c(c1)CCc1cccnc1N2. The first-order chi connectivity index (χ1) is 7.83. The van der Waals surface area contributed by atoms with Gasteiger partial charge in [-0.25, -0.2) is 4.98 Å². The topological polar surface area (TPSA) is 24.9 Å². The molecule has 0 radical (unpaired) electrons. The summed E-state index contributed by atoms with van der Waals surface area (Å²) in [4.78, 5) is 4.38. The Morgan fingerprint density at radius 2 is 2.00 bits per heavy atom. The molecule has 0 aliphatic carbocycles. The highest BCUT2D eigenvalue weighted by molar-refractivity contribution is 9.10. The van der Waals surface area contributed by atoms with Crippen LogP contribution in [-0.2, 0) is 12.8 Å². The Morgan fingerprint density at radius 3 is 2.94 bits per heavy atom. The molecule has 80 valence electrons. The second kappa shape index (κ2) is 3.91. The van der Waals surface area contributed by atoms with Crippen LogP contribution in [0.1, 0.15) is 11.1 Å². The van der Waals surface area contributed by atoms with E-state index in [1.54, 1.807) is 0 Å². The largest absolute Gasteiger partial charge is 0.340 e. The molecule has 0 bridgehead atoms. The fourth-order valence-electron chi connectivity index (χ4n) is 2.04. The molecule has 2 nitrogen and oxygen atoms in total. The lowest BCUT2D eigenvalue weighted by Crippen LogP contribution is -1.95. The molecule has 0 spiro atoms. The van der Waals surface area contributed by atoms with Crippen LogP contribution in [0.5, 0.6) is 0 Å². The zero-order valence-corrected chi connectivity index (χ0v) is 10.3. The first kappa shape index (κ1) is 9.85. The Morgan fingerprint density at radius 1 is 1.12 bits per heavy atom. The van der Waals surface area contributed by atoms with Crippen molar-refractivity contribution in [3.63, 3.8) is 0 Å². The van der Waals surface area contributed by atoms with E-state index in [0.29, 0.717) is 0 Å². The number of benzene rings is 1. The highest BCUT2D eigenvalue weighted by Gasteiger charge is 2.12. The van der Waals surface area contributed by atoms with Crippen molar-refractivity contribution in [3.05, 3.63) is 52.1 Å². The number of hydrogen-bond donors (Lipinski definition) is 1. The van der Waals surface area contributed by atoms with Crippen LogP contribution in [0.15, 0.2) is 41.0 Å². The standard InChI is InChI=1S/C13H11BrN2/c14-11-5-6-12-10(8-11)4-3-9-2-1-7-15-13(9)16-12/h1-2,5-8H,3-4H2,(H,15,16). The van der Waals surface area contributed by atoms with E-state index in [1.165, 1.54) is 16.8 Å². The minimum Gasteiger partial charge on any atom is -0.340 e. The third-order valence-corrected chi connectivity index (χ3v) is 3.37. The molecule has 1 N–H and O–H groups in total. The van der Waals surface area contributed by atoms with Crippen LogP contribution in [0.4, 0.5) is 11.5 Å². The minimum atomic E-state index is 0.989. The summed E-state index contributed by atoms with van der Waals surface area (Å²) in [6, 6.07) is 10.5. The molecule has 16 heavy (non-hydrogen) atoms. The first-order valence-electron chi connectivity index (χ1n) is 5.32. The molecule has 1 aliphatic heterocycles. The van der Waals surface area contributed by atoms with Crippen molar-refractivity contribution in [2.24, 2.45) is 0 Å². The average molecular weight is 275 g/mol. The Hall–Kier alpha value is -1.35. The molecule has 2 heterocycles. The van der Waals surface area contributed by atoms with E-state index >= 15 is 0 Å². The second-order valence-electron chi connectivity index (χ2n) is 3.94. The molecule has 1 aliphatic rings. The monoisotopic (exact) mass is 274 g/mol. The number of pyridine rings is 1. The van der Waals surface area contributed by atoms with E-state index < -0.39 is 0 Å². The van der Waals surface area contributed by atoms with Gasteiger partial charge in [-0.2, -0.15) is 0 Å². The molecule has 1 aromatic heterocycles.